The Morgan fingerprint density at radius 3 is 2.56 bits per heavy atom. The molecule has 8 heteroatoms. The van der Waals surface area contributed by atoms with Crippen LogP contribution < -0.4 is 5.32 Å². The van der Waals surface area contributed by atoms with E-state index in [-0.39, 0.29) is 29.6 Å². The van der Waals surface area contributed by atoms with E-state index in [1.165, 1.54) is 24.8 Å². The summed E-state index contributed by atoms with van der Waals surface area (Å²) >= 11 is 0. The highest BCUT2D eigenvalue weighted by Gasteiger charge is 2.63. The van der Waals surface area contributed by atoms with E-state index in [1.54, 1.807) is 12.1 Å². The largest absolute Gasteiger partial charge is 0.508 e. The number of esters is 1. The minimum absolute atomic E-state index is 0.0967. The summed E-state index contributed by atoms with van der Waals surface area (Å²) in [5, 5.41) is 27.7. The maximum atomic E-state index is 12.6. The number of hydrogen-bond acceptors (Lipinski definition) is 7. The monoisotopic (exact) mass is 562 g/mol. The lowest BCUT2D eigenvalue weighted by Gasteiger charge is -2.58. The van der Waals surface area contributed by atoms with Gasteiger partial charge in [-0.05, 0) is 98.3 Å². The number of allylic oxidation sites excluding steroid dienone is 2. The van der Waals surface area contributed by atoms with Crippen LogP contribution in [0.5, 0.6) is 5.75 Å². The third-order valence-electron chi connectivity index (χ3n) is 10.9. The number of rotatable bonds is 7. The van der Waals surface area contributed by atoms with Crippen LogP contribution in [0.4, 0.5) is 0 Å². The van der Waals surface area contributed by atoms with Crippen molar-refractivity contribution in [3.8, 4) is 18.1 Å². The molecule has 0 bridgehead atoms. The van der Waals surface area contributed by atoms with E-state index in [4.69, 9.17) is 16.0 Å². The summed E-state index contributed by atoms with van der Waals surface area (Å²) in [5.41, 5.74) is 1.92. The number of terminal acetylenes is 1. The molecule has 4 aliphatic carbocycles. The van der Waals surface area contributed by atoms with Gasteiger partial charge in [-0.3, -0.25) is 4.79 Å². The van der Waals surface area contributed by atoms with Gasteiger partial charge in [-0.25, -0.2) is 4.79 Å². The fourth-order valence-corrected chi connectivity index (χ4v) is 8.51. The average Bonchev–Trinajstić information content (AvgIpc) is 3.24. The number of hydrogen-bond donors (Lipinski definition) is 3. The first kappa shape index (κ1) is 29.2. The molecular weight excluding hydrogens is 520 g/mol. The zero-order chi connectivity index (χ0) is 29.4. The van der Waals surface area contributed by atoms with Crippen LogP contribution in [0.2, 0.25) is 0 Å². The second-order valence-electron chi connectivity index (χ2n) is 12.9. The molecule has 0 heterocycles. The number of phenolic OH excluding ortho intramolecular Hbond substituents is 1. The summed E-state index contributed by atoms with van der Waals surface area (Å²) in [5.74, 6) is 3.45. The quantitative estimate of drug-likeness (QED) is 0.259. The molecule has 0 unspecified atom stereocenters. The molecule has 3 fully saturated rings. The zero-order valence-electron chi connectivity index (χ0n) is 24.3. The van der Waals surface area contributed by atoms with Crippen molar-refractivity contribution in [3.05, 3.63) is 41.5 Å². The molecule has 8 nitrogen and oxygen atoms in total. The topological polar surface area (TPSA) is 117 Å². The number of benzene rings is 1. The molecule has 1 aromatic rings. The fraction of sp³-hybridized carbons (Fsp3) is 0.606. The molecule has 5 rings (SSSR count). The summed E-state index contributed by atoms with van der Waals surface area (Å²) in [6.07, 6.45) is 15.8. The highest BCUT2D eigenvalue weighted by atomic mass is 16.6. The first-order valence-corrected chi connectivity index (χ1v) is 14.8. The van der Waals surface area contributed by atoms with Gasteiger partial charge in [0.1, 0.15) is 17.4 Å². The van der Waals surface area contributed by atoms with Crippen molar-refractivity contribution >= 4 is 17.6 Å². The van der Waals surface area contributed by atoms with Crippen LogP contribution in [0.25, 0.3) is 0 Å². The summed E-state index contributed by atoms with van der Waals surface area (Å²) in [6, 6.07) is 5.55. The molecule has 7 atom stereocenters. The number of oxime groups is 1. The molecule has 41 heavy (non-hydrogen) atoms. The smallest absolute Gasteiger partial charge is 0.328 e. The first-order valence-electron chi connectivity index (χ1n) is 14.8. The number of aromatic hydroxyl groups is 1. The molecule has 0 saturated heterocycles. The molecule has 3 N–H and O–H groups in total. The highest BCUT2D eigenvalue weighted by molar-refractivity contribution is 5.96. The molecule has 0 radical (unpaired) electrons. The van der Waals surface area contributed by atoms with Gasteiger partial charge in [-0.1, -0.05) is 42.6 Å². The van der Waals surface area contributed by atoms with E-state index in [2.05, 4.69) is 36.3 Å². The Morgan fingerprint density at radius 2 is 1.85 bits per heavy atom. The van der Waals surface area contributed by atoms with Crippen LogP contribution in [-0.2, 0) is 25.6 Å². The third-order valence-corrected chi connectivity index (χ3v) is 10.9. The van der Waals surface area contributed by atoms with Crippen molar-refractivity contribution in [2.45, 2.75) is 83.3 Å². The highest BCUT2D eigenvalue weighted by Crippen LogP contribution is 2.67. The summed E-state index contributed by atoms with van der Waals surface area (Å²) in [7, 11) is 1.27. The Morgan fingerprint density at radius 1 is 1.12 bits per heavy atom. The van der Waals surface area contributed by atoms with Crippen molar-refractivity contribution in [1.29, 1.82) is 0 Å². The summed E-state index contributed by atoms with van der Waals surface area (Å²) in [4.78, 5) is 30.3. The lowest BCUT2D eigenvalue weighted by molar-refractivity contribution is -0.145. The molecule has 0 spiro atoms. The lowest BCUT2D eigenvalue weighted by Crippen LogP contribution is -2.54. The summed E-state index contributed by atoms with van der Waals surface area (Å²) < 4.78 is 4.85. The van der Waals surface area contributed by atoms with Gasteiger partial charge in [0.25, 0.3) is 5.91 Å². The molecule has 1 amide bonds. The van der Waals surface area contributed by atoms with Crippen LogP contribution in [0.3, 0.4) is 0 Å². The average molecular weight is 563 g/mol. The number of carbonyl (C=O) groups is 2. The van der Waals surface area contributed by atoms with Crippen LogP contribution in [0, 0.1) is 40.9 Å². The molecule has 220 valence electrons. The van der Waals surface area contributed by atoms with Gasteiger partial charge >= 0.3 is 5.97 Å². The van der Waals surface area contributed by atoms with Crippen LogP contribution in [0.1, 0.15) is 70.8 Å². The van der Waals surface area contributed by atoms with Gasteiger partial charge in [0.15, 0.2) is 6.61 Å². The predicted octanol–water partition coefficient (Wildman–Crippen LogP) is 4.29. The Balaban J connectivity index is 1.20. The van der Waals surface area contributed by atoms with Crippen molar-refractivity contribution in [1.82, 2.24) is 5.32 Å². The van der Waals surface area contributed by atoms with Gasteiger partial charge in [-0.15, -0.1) is 6.42 Å². The molecule has 4 aliphatic rings. The fourth-order valence-electron chi connectivity index (χ4n) is 8.51. The van der Waals surface area contributed by atoms with Gasteiger partial charge in [-0.2, -0.15) is 0 Å². The number of nitrogens with zero attached hydrogens (tertiary/aromatic N) is 1. The Kier molecular flexibility index (Phi) is 7.95. The molecule has 1 aromatic carbocycles. The van der Waals surface area contributed by atoms with E-state index in [9.17, 15) is 19.8 Å². The van der Waals surface area contributed by atoms with Crippen molar-refractivity contribution < 1.29 is 29.4 Å². The van der Waals surface area contributed by atoms with Gasteiger partial charge in [0, 0.05) is 11.8 Å². The van der Waals surface area contributed by atoms with E-state index in [0.717, 1.165) is 56.2 Å². The van der Waals surface area contributed by atoms with E-state index in [0.29, 0.717) is 24.2 Å². The number of ether oxygens (including phenoxy) is 1. The number of amides is 1. The molecule has 3 saturated carbocycles. The molecular formula is C33H42N2O6. The predicted molar refractivity (Wildman–Crippen MR) is 155 cm³/mol. The molecule has 0 aromatic heterocycles. The number of phenols is 1. The van der Waals surface area contributed by atoms with Crippen LogP contribution in [0.15, 0.2) is 41.1 Å². The van der Waals surface area contributed by atoms with Crippen molar-refractivity contribution in [3.63, 3.8) is 0 Å². The number of carbonyl (C=O) groups excluding carboxylic acids is 2. The number of fused-ring (bicyclic) bond motifs is 5. The Hall–Kier alpha value is -3.31. The number of methoxy groups -OCH3 is 1. The van der Waals surface area contributed by atoms with Crippen molar-refractivity contribution in [2.75, 3.05) is 13.7 Å². The third kappa shape index (κ3) is 5.25. The normalized spacial score (nSPS) is 35.6. The van der Waals surface area contributed by atoms with Crippen molar-refractivity contribution in [2.24, 2.45) is 33.7 Å². The van der Waals surface area contributed by atoms with Crippen LogP contribution >= 0.6 is 0 Å². The van der Waals surface area contributed by atoms with Gasteiger partial charge < -0.3 is 25.1 Å². The number of aliphatic hydroxyl groups is 1. The van der Waals surface area contributed by atoms with E-state index < -0.39 is 23.5 Å². The maximum Gasteiger partial charge on any atom is 0.328 e. The Bertz CT molecular complexity index is 1280. The van der Waals surface area contributed by atoms with Gasteiger partial charge in [0.2, 0.25) is 0 Å². The number of nitrogens with one attached hydrogen (secondary N) is 1. The lowest BCUT2D eigenvalue weighted by atomic mass is 9.46. The van der Waals surface area contributed by atoms with E-state index in [1.807, 2.05) is 0 Å². The maximum absolute atomic E-state index is 12.6. The van der Waals surface area contributed by atoms with E-state index >= 15 is 0 Å². The standard InChI is InChI=1S/C33H42N2O6/c1-5-33(39)17-14-27-25-11-8-22-19-23(12-15-31(22,2)26(25)13-16-32(27,33)3)35-41-20-29(37)34-28(30(38)40-4)18-21-6-9-24(36)10-7-21/h1,6-7,9-10,19,25-28,36,39H,8,11-18,20H2,2-4H3,(H,34,37)/t25-,26+,27-,28+,31+,32-,33-/m1/s1. The second-order valence-corrected chi connectivity index (χ2v) is 12.9. The zero-order valence-corrected chi connectivity index (χ0v) is 24.3. The first-order chi connectivity index (χ1) is 19.5. The van der Waals surface area contributed by atoms with Crippen LogP contribution in [-0.4, -0.2) is 53.2 Å². The second kappa shape index (κ2) is 11.2. The minimum Gasteiger partial charge on any atom is -0.508 e. The van der Waals surface area contributed by atoms with Gasteiger partial charge in [0.05, 0.1) is 12.8 Å². The molecule has 0 aliphatic heterocycles. The SMILES string of the molecule is C#C[C@@]1(O)CC[C@@H]2[C@@H]3CCC4=CC(=NOCC(=O)N[C@@H](Cc5ccc(O)cc5)C(=O)OC)CC[C@]4(C)[C@H]3CC[C@]21C. The summed E-state index contributed by atoms with van der Waals surface area (Å²) in [6.45, 7) is 4.30. The minimum atomic E-state index is -0.988. The Labute approximate surface area is 242 Å².